The first-order valence-corrected chi connectivity index (χ1v) is 9.75. The summed E-state index contributed by atoms with van der Waals surface area (Å²) in [6.07, 6.45) is -4.65. The molecule has 9 heteroatoms. The first kappa shape index (κ1) is 21.6. The third-order valence-corrected chi connectivity index (χ3v) is 5.55. The maximum Gasteiger partial charge on any atom is 0.435 e. The SMILES string of the molecule is Cc1nc(C(F)(F)F)c(-c2cc(C(=O)N3CC(F)(c4ccc(C#N)cc4)C3)ccc2C)[nH]1. The number of imidazole rings is 1. The summed E-state index contributed by atoms with van der Waals surface area (Å²) in [5.41, 5.74) is -1.30. The molecule has 0 bridgehead atoms. The smallest absolute Gasteiger partial charge is 0.342 e. The number of nitrogens with zero attached hydrogens (tertiary/aromatic N) is 3. The van der Waals surface area contributed by atoms with Crippen molar-refractivity contribution in [2.75, 3.05) is 13.1 Å². The highest BCUT2D eigenvalue weighted by molar-refractivity contribution is 5.96. The van der Waals surface area contributed by atoms with Crippen LogP contribution in [0.4, 0.5) is 17.6 Å². The van der Waals surface area contributed by atoms with Gasteiger partial charge < -0.3 is 9.88 Å². The fourth-order valence-electron chi connectivity index (χ4n) is 3.83. The lowest BCUT2D eigenvalue weighted by Crippen LogP contribution is -2.58. The summed E-state index contributed by atoms with van der Waals surface area (Å²) in [5, 5.41) is 8.87. The van der Waals surface area contributed by atoms with Crippen LogP contribution in [-0.4, -0.2) is 33.9 Å². The van der Waals surface area contributed by atoms with Crippen LogP contribution in [0.25, 0.3) is 11.3 Å². The molecule has 1 saturated heterocycles. The van der Waals surface area contributed by atoms with Gasteiger partial charge in [0.25, 0.3) is 5.91 Å². The summed E-state index contributed by atoms with van der Waals surface area (Å²) in [5.74, 6) is -0.367. The maximum absolute atomic E-state index is 15.2. The molecule has 3 aromatic rings. The van der Waals surface area contributed by atoms with E-state index in [1.165, 1.54) is 48.2 Å². The van der Waals surface area contributed by atoms with Gasteiger partial charge in [0.1, 0.15) is 5.82 Å². The Hall–Kier alpha value is -3.67. The standard InChI is InChI=1S/C23H18F4N4O/c1-13-3-6-16(9-18(13)19-20(23(25,26)27)30-14(2)29-19)21(32)31-11-22(24,12-31)17-7-4-15(10-28)5-8-17/h3-9H,11-12H2,1-2H3,(H,29,30). The third kappa shape index (κ3) is 3.73. The van der Waals surface area contributed by atoms with E-state index in [0.717, 1.165) is 0 Å². The molecule has 1 aliphatic heterocycles. The molecule has 2 aromatic carbocycles. The van der Waals surface area contributed by atoms with Gasteiger partial charge in [-0.15, -0.1) is 0 Å². The number of nitriles is 1. The molecule has 164 valence electrons. The van der Waals surface area contributed by atoms with E-state index in [1.54, 1.807) is 13.0 Å². The van der Waals surface area contributed by atoms with Crippen molar-refractivity contribution in [2.45, 2.75) is 25.7 Å². The van der Waals surface area contributed by atoms with Crippen LogP contribution in [0.1, 0.15) is 38.6 Å². The van der Waals surface area contributed by atoms with Crippen LogP contribution < -0.4 is 0 Å². The molecule has 0 saturated carbocycles. The van der Waals surface area contributed by atoms with Gasteiger partial charge in [-0.3, -0.25) is 4.79 Å². The first-order valence-electron chi connectivity index (χ1n) is 9.75. The number of rotatable bonds is 3. The lowest BCUT2D eigenvalue weighted by atomic mass is 9.87. The molecule has 1 aliphatic rings. The minimum atomic E-state index is -4.65. The van der Waals surface area contributed by atoms with Crippen molar-refractivity contribution in [3.05, 3.63) is 76.2 Å². The Morgan fingerprint density at radius 2 is 1.81 bits per heavy atom. The average molecular weight is 442 g/mol. The Balaban J connectivity index is 1.59. The second-order valence-electron chi connectivity index (χ2n) is 7.89. The number of amides is 1. The predicted molar refractivity (Wildman–Crippen MR) is 108 cm³/mol. The number of nitrogens with one attached hydrogen (secondary N) is 1. The van der Waals surface area contributed by atoms with E-state index in [2.05, 4.69) is 9.97 Å². The van der Waals surface area contributed by atoms with Crippen molar-refractivity contribution in [2.24, 2.45) is 0 Å². The summed E-state index contributed by atoms with van der Waals surface area (Å²) in [7, 11) is 0. The minimum absolute atomic E-state index is 0.107. The number of carbonyl (C=O) groups is 1. The van der Waals surface area contributed by atoms with Crippen molar-refractivity contribution in [1.29, 1.82) is 5.26 Å². The number of alkyl halides is 4. The quantitative estimate of drug-likeness (QED) is 0.586. The molecular weight excluding hydrogens is 424 g/mol. The Kier molecular flexibility index (Phi) is 5.04. The summed E-state index contributed by atoms with van der Waals surface area (Å²) in [6, 6.07) is 12.5. The van der Waals surface area contributed by atoms with Gasteiger partial charge in [0, 0.05) is 11.1 Å². The summed E-state index contributed by atoms with van der Waals surface area (Å²) in [6.45, 7) is 2.70. The van der Waals surface area contributed by atoms with Crippen LogP contribution in [0, 0.1) is 25.2 Å². The summed E-state index contributed by atoms with van der Waals surface area (Å²) in [4.78, 5) is 20.4. The first-order chi connectivity index (χ1) is 15.0. The van der Waals surface area contributed by atoms with Gasteiger partial charge in [-0.2, -0.15) is 18.4 Å². The van der Waals surface area contributed by atoms with Crippen molar-refractivity contribution in [3.63, 3.8) is 0 Å². The number of aryl methyl sites for hydroxylation is 2. The van der Waals surface area contributed by atoms with Gasteiger partial charge in [0.2, 0.25) is 0 Å². The maximum atomic E-state index is 15.2. The van der Waals surface area contributed by atoms with Crippen molar-refractivity contribution in [3.8, 4) is 17.3 Å². The Morgan fingerprint density at radius 3 is 2.41 bits per heavy atom. The number of hydrogen-bond acceptors (Lipinski definition) is 3. The highest BCUT2D eigenvalue weighted by atomic mass is 19.4. The number of aromatic amines is 1. The third-order valence-electron chi connectivity index (χ3n) is 5.55. The van der Waals surface area contributed by atoms with E-state index in [9.17, 15) is 18.0 Å². The van der Waals surface area contributed by atoms with Crippen molar-refractivity contribution < 1.29 is 22.4 Å². The van der Waals surface area contributed by atoms with E-state index in [0.29, 0.717) is 16.7 Å². The van der Waals surface area contributed by atoms with Gasteiger partial charge in [-0.1, -0.05) is 18.2 Å². The highest BCUT2D eigenvalue weighted by Crippen LogP contribution is 2.39. The van der Waals surface area contributed by atoms with E-state index in [1.807, 2.05) is 6.07 Å². The lowest BCUT2D eigenvalue weighted by molar-refractivity contribution is -0.140. The van der Waals surface area contributed by atoms with Crippen molar-refractivity contribution in [1.82, 2.24) is 14.9 Å². The van der Waals surface area contributed by atoms with Crippen LogP contribution in [0.3, 0.4) is 0 Å². The molecule has 5 nitrogen and oxygen atoms in total. The van der Waals surface area contributed by atoms with Crippen LogP contribution in [0.15, 0.2) is 42.5 Å². The summed E-state index contributed by atoms with van der Waals surface area (Å²) >= 11 is 0. The lowest BCUT2D eigenvalue weighted by Gasteiger charge is -2.44. The molecule has 1 fully saturated rings. The number of halogens is 4. The molecule has 2 heterocycles. The number of likely N-dealkylation sites (tertiary alicyclic amines) is 1. The zero-order valence-electron chi connectivity index (χ0n) is 17.2. The Morgan fingerprint density at radius 1 is 1.16 bits per heavy atom. The number of aromatic nitrogens is 2. The van der Waals surface area contributed by atoms with Crippen LogP contribution in [-0.2, 0) is 11.8 Å². The normalized spacial score (nSPS) is 15.2. The fourth-order valence-corrected chi connectivity index (χ4v) is 3.83. The van der Waals surface area contributed by atoms with Gasteiger partial charge in [-0.25, -0.2) is 9.37 Å². The van der Waals surface area contributed by atoms with E-state index in [4.69, 9.17) is 5.26 Å². The molecule has 0 spiro atoms. The van der Waals surface area contributed by atoms with Gasteiger partial charge >= 0.3 is 6.18 Å². The monoisotopic (exact) mass is 442 g/mol. The number of benzene rings is 2. The highest BCUT2D eigenvalue weighted by Gasteiger charge is 2.47. The largest absolute Gasteiger partial charge is 0.435 e. The molecule has 0 unspecified atom stereocenters. The zero-order valence-corrected chi connectivity index (χ0v) is 17.2. The topological polar surface area (TPSA) is 72.8 Å². The molecule has 1 amide bonds. The average Bonchev–Trinajstić information content (AvgIpc) is 3.13. The molecule has 1 N–H and O–H groups in total. The van der Waals surface area contributed by atoms with Crippen LogP contribution >= 0.6 is 0 Å². The molecule has 0 atom stereocenters. The molecular formula is C23H18F4N4O. The van der Waals surface area contributed by atoms with E-state index < -0.39 is 23.4 Å². The van der Waals surface area contributed by atoms with E-state index >= 15 is 4.39 Å². The molecule has 32 heavy (non-hydrogen) atoms. The Bertz CT molecular complexity index is 1230. The molecule has 0 aliphatic carbocycles. The van der Waals surface area contributed by atoms with Gasteiger partial charge in [0.15, 0.2) is 11.4 Å². The molecule has 1 aromatic heterocycles. The number of carbonyl (C=O) groups excluding carboxylic acids is 1. The zero-order chi connectivity index (χ0) is 23.3. The second kappa shape index (κ2) is 7.48. The minimum Gasteiger partial charge on any atom is -0.342 e. The number of H-pyrrole nitrogens is 1. The summed E-state index contributed by atoms with van der Waals surface area (Å²) < 4.78 is 55.4. The van der Waals surface area contributed by atoms with Gasteiger partial charge in [0.05, 0.1) is 30.4 Å². The van der Waals surface area contributed by atoms with Crippen LogP contribution in [0.2, 0.25) is 0 Å². The van der Waals surface area contributed by atoms with Crippen molar-refractivity contribution >= 4 is 5.91 Å². The van der Waals surface area contributed by atoms with Crippen LogP contribution in [0.5, 0.6) is 0 Å². The Labute approximate surface area is 181 Å². The fraction of sp³-hybridized carbons (Fsp3) is 0.261. The van der Waals surface area contributed by atoms with E-state index in [-0.39, 0.29) is 35.7 Å². The molecule has 0 radical (unpaired) electrons. The number of hydrogen-bond donors (Lipinski definition) is 1. The second-order valence-corrected chi connectivity index (χ2v) is 7.89. The predicted octanol–water partition coefficient (Wildman–Crippen LogP) is 4.90. The van der Waals surface area contributed by atoms with Gasteiger partial charge in [-0.05, 0) is 49.2 Å². The molecule has 4 rings (SSSR count).